The molecule has 0 unspecified atom stereocenters. The minimum atomic E-state index is -0.995. The first-order valence-electron chi connectivity index (χ1n) is 6.08. The lowest BCUT2D eigenvalue weighted by Gasteiger charge is -2.27. The van der Waals surface area contributed by atoms with Crippen molar-refractivity contribution in [2.45, 2.75) is 45.7 Å². The Labute approximate surface area is 113 Å². The van der Waals surface area contributed by atoms with Gasteiger partial charge in [0.25, 0.3) is 0 Å². The average Bonchev–Trinajstić information content (AvgIpc) is 2.12. The van der Waals surface area contributed by atoms with Crippen LogP contribution in [0.3, 0.4) is 0 Å². The molecule has 0 aliphatic heterocycles. The summed E-state index contributed by atoms with van der Waals surface area (Å²) >= 11 is 0. The van der Waals surface area contributed by atoms with Gasteiger partial charge in [-0.2, -0.15) is 0 Å². The summed E-state index contributed by atoms with van der Waals surface area (Å²) in [7, 11) is 1.48. The van der Waals surface area contributed by atoms with Crippen LogP contribution in [-0.2, 0) is 9.59 Å². The number of aliphatic carboxylic acids is 1. The predicted molar refractivity (Wildman–Crippen MR) is 70.8 cm³/mol. The first-order valence-corrected chi connectivity index (χ1v) is 6.08. The highest BCUT2D eigenvalue weighted by atomic mass is 16.4. The summed E-state index contributed by atoms with van der Waals surface area (Å²) in [5.74, 6) is -1.26. The van der Waals surface area contributed by atoms with Crippen LogP contribution in [0.25, 0.3) is 0 Å². The second-order valence-electron chi connectivity index (χ2n) is 5.46. The van der Waals surface area contributed by atoms with Crippen LogP contribution in [0.4, 0.5) is 4.79 Å². The van der Waals surface area contributed by atoms with Gasteiger partial charge < -0.3 is 20.6 Å². The number of hydrogen-bond donors (Lipinski definition) is 3. The smallest absolute Gasteiger partial charge is 0.318 e. The summed E-state index contributed by atoms with van der Waals surface area (Å²) in [5, 5.41) is 14.0. The van der Waals surface area contributed by atoms with Crippen LogP contribution in [0.15, 0.2) is 0 Å². The van der Waals surface area contributed by atoms with E-state index >= 15 is 0 Å². The third kappa shape index (κ3) is 8.01. The molecule has 7 nitrogen and oxygen atoms in total. The number of likely N-dealkylation sites (N-methyl/N-ethyl adjacent to an activating group) is 1. The van der Waals surface area contributed by atoms with Gasteiger partial charge in [0.1, 0.15) is 6.54 Å². The van der Waals surface area contributed by atoms with E-state index in [0.717, 1.165) is 0 Å². The summed E-state index contributed by atoms with van der Waals surface area (Å²) in [5.41, 5.74) is -0.869. The van der Waals surface area contributed by atoms with Gasteiger partial charge in [0.05, 0.1) is 6.42 Å². The van der Waals surface area contributed by atoms with E-state index in [2.05, 4.69) is 10.6 Å². The largest absolute Gasteiger partial charge is 0.481 e. The van der Waals surface area contributed by atoms with Gasteiger partial charge in [-0.1, -0.05) is 0 Å². The highest BCUT2D eigenvalue weighted by Crippen LogP contribution is 2.08. The molecule has 0 atom stereocenters. The summed E-state index contributed by atoms with van der Waals surface area (Å²) in [4.78, 5) is 35.1. The predicted octanol–water partition coefficient (Wildman–Crippen LogP) is 0.406. The maximum Gasteiger partial charge on any atom is 0.318 e. The normalized spacial score (nSPS) is 11.1. The summed E-state index contributed by atoms with van der Waals surface area (Å²) in [6.45, 7) is 6.80. The third-order valence-electron chi connectivity index (χ3n) is 2.22. The molecule has 0 aromatic carbocycles. The van der Waals surface area contributed by atoms with E-state index in [1.807, 2.05) is 13.8 Å². The summed E-state index contributed by atoms with van der Waals surface area (Å²) < 4.78 is 0. The van der Waals surface area contributed by atoms with E-state index in [1.165, 1.54) is 11.9 Å². The molecule has 0 saturated heterocycles. The van der Waals surface area contributed by atoms with E-state index in [9.17, 15) is 14.4 Å². The maximum absolute atomic E-state index is 11.8. The molecule has 0 saturated carbocycles. The van der Waals surface area contributed by atoms with Crippen molar-refractivity contribution in [2.24, 2.45) is 0 Å². The third-order valence-corrected chi connectivity index (χ3v) is 2.22. The molecule has 7 heteroatoms. The monoisotopic (exact) mass is 273 g/mol. The number of nitrogens with zero attached hydrogens (tertiary/aromatic N) is 1. The number of amides is 3. The molecule has 0 aromatic heterocycles. The summed E-state index contributed by atoms with van der Waals surface area (Å²) in [6.07, 6.45) is -0.190. The molecule has 3 N–H and O–H groups in total. The van der Waals surface area contributed by atoms with Crippen LogP contribution < -0.4 is 10.6 Å². The lowest BCUT2D eigenvalue weighted by atomic mass is 10.0. The second-order valence-corrected chi connectivity index (χ2v) is 5.46. The Morgan fingerprint density at radius 2 is 1.79 bits per heavy atom. The SMILES string of the molecule is CC(C)NC(=O)CN(C)C(=O)NC(C)(C)CC(=O)O. The number of hydrogen-bond acceptors (Lipinski definition) is 3. The fourth-order valence-corrected chi connectivity index (χ4v) is 1.46. The van der Waals surface area contributed by atoms with Crippen molar-refractivity contribution in [3.05, 3.63) is 0 Å². The Morgan fingerprint density at radius 3 is 2.21 bits per heavy atom. The number of carbonyl (C=O) groups is 3. The number of nitrogens with one attached hydrogen (secondary N) is 2. The first-order chi connectivity index (χ1) is 8.53. The Kier molecular flexibility index (Phi) is 6.31. The number of rotatable bonds is 6. The van der Waals surface area contributed by atoms with Crippen molar-refractivity contribution in [3.63, 3.8) is 0 Å². The molecule has 0 radical (unpaired) electrons. The Balaban J connectivity index is 4.34. The van der Waals surface area contributed by atoms with Gasteiger partial charge in [0.2, 0.25) is 5.91 Å². The van der Waals surface area contributed by atoms with Gasteiger partial charge >= 0.3 is 12.0 Å². The van der Waals surface area contributed by atoms with E-state index in [1.54, 1.807) is 13.8 Å². The lowest BCUT2D eigenvalue weighted by molar-refractivity contribution is -0.138. The Morgan fingerprint density at radius 1 is 1.26 bits per heavy atom. The van der Waals surface area contributed by atoms with Crippen LogP contribution in [0.5, 0.6) is 0 Å². The quantitative estimate of drug-likeness (QED) is 0.652. The molecule has 0 aliphatic rings. The van der Waals surface area contributed by atoms with Crippen molar-refractivity contribution in [2.75, 3.05) is 13.6 Å². The standard InChI is InChI=1S/C12H23N3O4/c1-8(2)13-9(16)7-15(5)11(19)14-12(3,4)6-10(17)18/h8H,6-7H2,1-5H3,(H,13,16)(H,14,19)(H,17,18). The minimum Gasteiger partial charge on any atom is -0.481 e. The highest BCUT2D eigenvalue weighted by molar-refractivity contribution is 5.84. The zero-order chi connectivity index (χ0) is 15.2. The van der Waals surface area contributed by atoms with Crippen LogP contribution in [-0.4, -0.2) is 53.1 Å². The molecule has 0 fully saturated rings. The number of carboxylic acids is 1. The Bertz CT molecular complexity index is 353. The first kappa shape index (κ1) is 17.2. The van der Waals surface area contributed by atoms with Crippen molar-refractivity contribution in [1.82, 2.24) is 15.5 Å². The van der Waals surface area contributed by atoms with Gasteiger partial charge in [0, 0.05) is 18.6 Å². The minimum absolute atomic E-state index is 0.00686. The van der Waals surface area contributed by atoms with Crippen molar-refractivity contribution in [3.8, 4) is 0 Å². The zero-order valence-corrected chi connectivity index (χ0v) is 12.1. The van der Waals surface area contributed by atoms with Gasteiger partial charge in [0.15, 0.2) is 0 Å². The Hall–Kier alpha value is -1.79. The average molecular weight is 273 g/mol. The lowest BCUT2D eigenvalue weighted by Crippen LogP contribution is -2.52. The van der Waals surface area contributed by atoms with E-state index in [-0.39, 0.29) is 24.9 Å². The number of urea groups is 1. The fraction of sp³-hybridized carbons (Fsp3) is 0.750. The fourth-order valence-electron chi connectivity index (χ4n) is 1.46. The van der Waals surface area contributed by atoms with Gasteiger partial charge in [-0.05, 0) is 27.7 Å². The van der Waals surface area contributed by atoms with Crippen molar-refractivity contribution < 1.29 is 19.5 Å². The number of carboxylic acid groups (broad SMARTS) is 1. The van der Waals surface area contributed by atoms with E-state index in [0.29, 0.717) is 0 Å². The molecule has 0 rings (SSSR count). The molecular weight excluding hydrogens is 250 g/mol. The van der Waals surface area contributed by atoms with Crippen LogP contribution in [0.2, 0.25) is 0 Å². The second kappa shape index (κ2) is 6.96. The van der Waals surface area contributed by atoms with Crippen LogP contribution >= 0.6 is 0 Å². The molecular formula is C12H23N3O4. The van der Waals surface area contributed by atoms with Crippen molar-refractivity contribution >= 4 is 17.9 Å². The number of carbonyl (C=O) groups excluding carboxylic acids is 2. The molecule has 0 aromatic rings. The van der Waals surface area contributed by atoms with E-state index < -0.39 is 17.5 Å². The van der Waals surface area contributed by atoms with Crippen LogP contribution in [0, 0.1) is 0 Å². The van der Waals surface area contributed by atoms with Gasteiger partial charge in [-0.3, -0.25) is 9.59 Å². The zero-order valence-electron chi connectivity index (χ0n) is 12.1. The maximum atomic E-state index is 11.8. The van der Waals surface area contributed by atoms with Gasteiger partial charge in [-0.25, -0.2) is 4.79 Å². The topological polar surface area (TPSA) is 98.7 Å². The summed E-state index contributed by atoms with van der Waals surface area (Å²) in [6, 6.07) is -0.474. The highest BCUT2D eigenvalue weighted by Gasteiger charge is 2.25. The molecule has 0 heterocycles. The van der Waals surface area contributed by atoms with Gasteiger partial charge in [-0.15, -0.1) is 0 Å². The molecule has 19 heavy (non-hydrogen) atoms. The molecule has 0 aliphatic carbocycles. The van der Waals surface area contributed by atoms with E-state index in [4.69, 9.17) is 5.11 Å². The van der Waals surface area contributed by atoms with Crippen molar-refractivity contribution in [1.29, 1.82) is 0 Å². The molecule has 3 amide bonds. The molecule has 0 spiro atoms. The molecule has 110 valence electrons. The van der Waals surface area contributed by atoms with Crippen LogP contribution in [0.1, 0.15) is 34.1 Å². The molecule has 0 bridgehead atoms.